The van der Waals surface area contributed by atoms with E-state index in [0.717, 1.165) is 36.1 Å². The van der Waals surface area contributed by atoms with Crippen molar-refractivity contribution in [3.05, 3.63) is 53.1 Å². The molecule has 5 nitrogen and oxygen atoms in total. The summed E-state index contributed by atoms with van der Waals surface area (Å²) in [6.07, 6.45) is 3.30. The van der Waals surface area contributed by atoms with Crippen LogP contribution in [0.4, 0.5) is 5.69 Å². The highest BCUT2D eigenvalue weighted by molar-refractivity contribution is 6.19. The van der Waals surface area contributed by atoms with Crippen molar-refractivity contribution in [1.29, 1.82) is 0 Å². The molecule has 5 heteroatoms. The largest absolute Gasteiger partial charge is 0.454 e. The summed E-state index contributed by atoms with van der Waals surface area (Å²) in [4.78, 5) is 28.4. The number of fused-ring (bicyclic) bond motifs is 5. The van der Waals surface area contributed by atoms with Crippen LogP contribution in [0.5, 0.6) is 11.5 Å². The summed E-state index contributed by atoms with van der Waals surface area (Å²) in [6, 6.07) is 11.5. The fraction of sp³-hybridized carbons (Fsp3) is 0.364. The number of unbranched alkanes of at least 4 members (excludes halogenated alkanes) is 2. The molecule has 2 aliphatic heterocycles. The number of carbonyl (C=O) groups excluding carboxylic acids is 2. The molecule has 3 aliphatic rings. The second-order valence-electron chi connectivity index (χ2n) is 7.44. The van der Waals surface area contributed by atoms with Crippen LogP contribution in [0, 0.1) is 0 Å². The lowest BCUT2D eigenvalue weighted by Crippen LogP contribution is -2.40. The van der Waals surface area contributed by atoms with E-state index in [1.165, 1.54) is 0 Å². The Kier molecular flexibility index (Phi) is 3.54. The van der Waals surface area contributed by atoms with Crippen molar-refractivity contribution in [2.45, 2.75) is 38.0 Å². The summed E-state index contributed by atoms with van der Waals surface area (Å²) in [7, 11) is 0. The van der Waals surface area contributed by atoms with E-state index in [4.69, 9.17) is 9.47 Å². The molecule has 0 saturated heterocycles. The lowest BCUT2D eigenvalue weighted by atomic mass is 9.76. The van der Waals surface area contributed by atoms with E-state index in [1.807, 2.05) is 35.2 Å². The van der Waals surface area contributed by atoms with Gasteiger partial charge in [-0.1, -0.05) is 38.0 Å². The smallest absolute Gasteiger partial charge is 0.242 e. The molecular formula is C22H21NO4. The number of rotatable bonds is 4. The van der Waals surface area contributed by atoms with Gasteiger partial charge in [0.2, 0.25) is 12.7 Å². The van der Waals surface area contributed by atoms with Gasteiger partial charge in [0.05, 0.1) is 0 Å². The summed E-state index contributed by atoms with van der Waals surface area (Å²) >= 11 is 0. The van der Waals surface area contributed by atoms with Gasteiger partial charge in [-0.15, -0.1) is 0 Å². The summed E-state index contributed by atoms with van der Waals surface area (Å²) in [5.74, 6) is 1.18. The van der Waals surface area contributed by atoms with E-state index in [-0.39, 0.29) is 24.9 Å². The lowest BCUT2D eigenvalue weighted by Gasteiger charge is -2.24. The minimum absolute atomic E-state index is 0.00534. The highest BCUT2D eigenvalue weighted by Crippen LogP contribution is 2.55. The minimum Gasteiger partial charge on any atom is -0.454 e. The standard InChI is InChI=1S/C22H21NO4/c1-2-3-6-9-23-17-8-5-4-7-15(17)22(21(23)25)12-18(24)14-10-19-20(11-16(14)22)27-13-26-19/h4-5,7-8,10-11H,2-3,6,9,12-13H2,1H3/t22-/m0/s1. The van der Waals surface area contributed by atoms with Crippen molar-refractivity contribution in [3.8, 4) is 11.5 Å². The van der Waals surface area contributed by atoms with Gasteiger partial charge in [0.1, 0.15) is 5.41 Å². The Morgan fingerprint density at radius 2 is 1.81 bits per heavy atom. The zero-order chi connectivity index (χ0) is 18.6. The van der Waals surface area contributed by atoms with Crippen molar-refractivity contribution in [1.82, 2.24) is 0 Å². The average Bonchev–Trinajstić information content (AvgIpc) is 3.32. The predicted molar refractivity (Wildman–Crippen MR) is 101 cm³/mol. The zero-order valence-electron chi connectivity index (χ0n) is 15.3. The number of para-hydroxylation sites is 1. The molecule has 1 aliphatic carbocycles. The van der Waals surface area contributed by atoms with Gasteiger partial charge in [-0.3, -0.25) is 9.59 Å². The Balaban J connectivity index is 1.67. The Morgan fingerprint density at radius 3 is 2.63 bits per heavy atom. The highest BCUT2D eigenvalue weighted by Gasteiger charge is 2.57. The van der Waals surface area contributed by atoms with E-state index in [2.05, 4.69) is 6.92 Å². The Labute approximate surface area is 157 Å². The third-order valence-corrected chi connectivity index (χ3v) is 5.95. The van der Waals surface area contributed by atoms with E-state index < -0.39 is 5.41 Å². The molecule has 5 rings (SSSR count). The number of Topliss-reactive ketones (excluding diaryl/α,β-unsaturated/α-hetero) is 1. The number of nitrogens with zero attached hydrogens (tertiary/aromatic N) is 1. The van der Waals surface area contributed by atoms with E-state index >= 15 is 0 Å². The molecule has 0 fully saturated rings. The Bertz CT molecular complexity index is 967. The average molecular weight is 363 g/mol. The monoisotopic (exact) mass is 363 g/mol. The number of benzene rings is 2. The Hall–Kier alpha value is -2.82. The fourth-order valence-corrected chi connectivity index (χ4v) is 4.65. The van der Waals surface area contributed by atoms with Crippen LogP contribution in [0.2, 0.25) is 0 Å². The van der Waals surface area contributed by atoms with Crippen molar-refractivity contribution in [2.75, 3.05) is 18.2 Å². The topological polar surface area (TPSA) is 55.8 Å². The van der Waals surface area contributed by atoms with E-state index in [1.54, 1.807) is 6.07 Å². The second kappa shape index (κ2) is 5.84. The highest BCUT2D eigenvalue weighted by atomic mass is 16.7. The van der Waals surface area contributed by atoms with Crippen LogP contribution in [0.25, 0.3) is 0 Å². The van der Waals surface area contributed by atoms with Crippen LogP contribution in [-0.2, 0) is 10.2 Å². The number of amides is 1. The van der Waals surface area contributed by atoms with Crippen molar-refractivity contribution in [2.24, 2.45) is 0 Å². The third-order valence-electron chi connectivity index (χ3n) is 5.95. The molecule has 138 valence electrons. The van der Waals surface area contributed by atoms with Gasteiger partial charge in [-0.25, -0.2) is 0 Å². The van der Waals surface area contributed by atoms with E-state index in [9.17, 15) is 9.59 Å². The molecule has 0 unspecified atom stereocenters. The van der Waals surface area contributed by atoms with Crippen LogP contribution in [0.1, 0.15) is 54.1 Å². The molecular weight excluding hydrogens is 342 g/mol. The van der Waals surface area contributed by atoms with Crippen LogP contribution in [-0.4, -0.2) is 25.0 Å². The molecule has 0 N–H and O–H groups in total. The van der Waals surface area contributed by atoms with Gasteiger partial charge in [0, 0.05) is 24.2 Å². The maximum absolute atomic E-state index is 13.7. The van der Waals surface area contributed by atoms with Crippen LogP contribution < -0.4 is 14.4 Å². The predicted octanol–water partition coefficient (Wildman–Crippen LogP) is 3.82. The summed E-state index contributed by atoms with van der Waals surface area (Å²) < 4.78 is 11.0. The first-order chi connectivity index (χ1) is 13.2. The van der Waals surface area contributed by atoms with E-state index in [0.29, 0.717) is 23.6 Å². The van der Waals surface area contributed by atoms with Crippen LogP contribution in [0.3, 0.4) is 0 Å². The molecule has 1 spiro atoms. The summed E-state index contributed by atoms with van der Waals surface area (Å²) in [6.45, 7) is 2.97. The summed E-state index contributed by atoms with van der Waals surface area (Å²) in [5, 5.41) is 0. The molecule has 0 aromatic heterocycles. The Morgan fingerprint density at radius 1 is 1.04 bits per heavy atom. The second-order valence-corrected chi connectivity index (χ2v) is 7.44. The number of hydrogen-bond acceptors (Lipinski definition) is 4. The number of ether oxygens (including phenoxy) is 2. The molecule has 27 heavy (non-hydrogen) atoms. The van der Waals surface area contributed by atoms with Crippen molar-refractivity contribution in [3.63, 3.8) is 0 Å². The number of hydrogen-bond donors (Lipinski definition) is 0. The van der Waals surface area contributed by atoms with Gasteiger partial charge < -0.3 is 14.4 Å². The van der Waals surface area contributed by atoms with Gasteiger partial charge in [0.15, 0.2) is 17.3 Å². The maximum atomic E-state index is 13.7. The molecule has 1 amide bonds. The van der Waals surface area contributed by atoms with Crippen molar-refractivity contribution < 1.29 is 19.1 Å². The SMILES string of the molecule is CCCCCN1C(=O)[C@@]2(CC(=O)c3cc4c(cc32)OCO4)c2ccccc21. The molecule has 2 aromatic carbocycles. The first-order valence-corrected chi connectivity index (χ1v) is 9.55. The van der Waals surface area contributed by atoms with Gasteiger partial charge in [-0.05, 0) is 35.7 Å². The van der Waals surface area contributed by atoms with Gasteiger partial charge in [-0.2, -0.15) is 0 Å². The summed E-state index contributed by atoms with van der Waals surface area (Å²) in [5.41, 5.74) is 2.26. The maximum Gasteiger partial charge on any atom is 0.242 e. The van der Waals surface area contributed by atoms with Gasteiger partial charge in [0.25, 0.3) is 0 Å². The number of carbonyl (C=O) groups is 2. The number of ketones is 1. The molecule has 0 bridgehead atoms. The quantitative estimate of drug-likeness (QED) is 0.775. The first kappa shape index (κ1) is 16.4. The fourth-order valence-electron chi connectivity index (χ4n) is 4.65. The normalized spacial score (nSPS) is 21.9. The number of anilines is 1. The van der Waals surface area contributed by atoms with Crippen LogP contribution >= 0.6 is 0 Å². The zero-order valence-corrected chi connectivity index (χ0v) is 15.3. The van der Waals surface area contributed by atoms with Crippen LogP contribution in [0.15, 0.2) is 36.4 Å². The third kappa shape index (κ3) is 2.11. The molecule has 2 heterocycles. The van der Waals surface area contributed by atoms with Crippen molar-refractivity contribution >= 4 is 17.4 Å². The lowest BCUT2D eigenvalue weighted by molar-refractivity contribution is -0.121. The minimum atomic E-state index is -0.934. The molecule has 0 saturated carbocycles. The first-order valence-electron chi connectivity index (χ1n) is 9.55. The molecule has 0 radical (unpaired) electrons. The molecule has 1 atom stereocenters. The molecule has 2 aromatic rings. The van der Waals surface area contributed by atoms with Gasteiger partial charge >= 0.3 is 0 Å².